The first-order valence-corrected chi connectivity index (χ1v) is 10.7. The number of benzene rings is 2. The smallest absolute Gasteiger partial charge is 0.261 e. The van der Waals surface area contributed by atoms with Crippen LogP contribution in [0.25, 0.3) is 16.7 Å². The maximum absolute atomic E-state index is 13.3. The summed E-state index contributed by atoms with van der Waals surface area (Å²) in [4.78, 5) is 26.3. The zero-order valence-corrected chi connectivity index (χ0v) is 18.5. The summed E-state index contributed by atoms with van der Waals surface area (Å²) in [6.45, 7) is 2.40. The SMILES string of the molecule is COc1cccc(OC)c1C(=O)N1CCN(c2ncnc3c2cnn3-c2ccccc2)CC1. The Morgan fingerprint density at radius 1 is 0.879 bits per heavy atom. The molecule has 1 aliphatic rings. The lowest BCUT2D eigenvalue weighted by molar-refractivity contribution is 0.0739. The summed E-state index contributed by atoms with van der Waals surface area (Å²) >= 11 is 0. The highest BCUT2D eigenvalue weighted by molar-refractivity contribution is 6.00. The minimum atomic E-state index is -0.103. The fourth-order valence-electron chi connectivity index (χ4n) is 4.18. The summed E-state index contributed by atoms with van der Waals surface area (Å²) in [5.74, 6) is 1.73. The number of fused-ring (bicyclic) bond motifs is 1. The van der Waals surface area contributed by atoms with Crippen LogP contribution in [0, 0.1) is 0 Å². The van der Waals surface area contributed by atoms with Crippen molar-refractivity contribution >= 4 is 22.8 Å². The molecule has 2 aromatic heterocycles. The third-order valence-electron chi connectivity index (χ3n) is 5.85. The van der Waals surface area contributed by atoms with Crippen LogP contribution in [0.5, 0.6) is 11.5 Å². The lowest BCUT2D eigenvalue weighted by atomic mass is 10.1. The maximum atomic E-state index is 13.3. The van der Waals surface area contributed by atoms with Gasteiger partial charge in [0.25, 0.3) is 5.91 Å². The van der Waals surface area contributed by atoms with Crippen molar-refractivity contribution in [1.29, 1.82) is 0 Å². The molecule has 168 valence electrons. The fraction of sp³-hybridized carbons (Fsp3) is 0.250. The molecular weight excluding hydrogens is 420 g/mol. The number of methoxy groups -OCH3 is 2. The monoisotopic (exact) mass is 444 g/mol. The third-order valence-corrected chi connectivity index (χ3v) is 5.85. The lowest BCUT2D eigenvalue weighted by Gasteiger charge is -2.35. The second-order valence-electron chi connectivity index (χ2n) is 7.64. The summed E-state index contributed by atoms with van der Waals surface area (Å²) in [6, 6.07) is 15.2. The van der Waals surface area contributed by atoms with Gasteiger partial charge in [-0.25, -0.2) is 14.6 Å². The number of amides is 1. The average molecular weight is 444 g/mol. The zero-order valence-electron chi connectivity index (χ0n) is 18.5. The lowest BCUT2D eigenvalue weighted by Crippen LogP contribution is -2.49. The van der Waals surface area contributed by atoms with Gasteiger partial charge in [-0.1, -0.05) is 24.3 Å². The van der Waals surface area contributed by atoms with Gasteiger partial charge in [0.05, 0.1) is 31.5 Å². The van der Waals surface area contributed by atoms with Crippen molar-refractivity contribution in [2.45, 2.75) is 0 Å². The molecule has 9 heteroatoms. The largest absolute Gasteiger partial charge is 0.496 e. The molecule has 1 saturated heterocycles. The van der Waals surface area contributed by atoms with E-state index in [9.17, 15) is 4.79 Å². The number of hydrogen-bond acceptors (Lipinski definition) is 7. The number of para-hydroxylation sites is 1. The zero-order chi connectivity index (χ0) is 22.8. The van der Waals surface area contributed by atoms with Crippen LogP contribution in [0.15, 0.2) is 61.1 Å². The molecule has 0 aliphatic carbocycles. The number of piperazine rings is 1. The van der Waals surface area contributed by atoms with E-state index in [4.69, 9.17) is 9.47 Å². The van der Waals surface area contributed by atoms with Crippen LogP contribution in [0.4, 0.5) is 5.82 Å². The first-order valence-electron chi connectivity index (χ1n) is 10.7. The number of aromatic nitrogens is 4. The number of carbonyl (C=O) groups is 1. The molecule has 1 aliphatic heterocycles. The number of nitrogens with zero attached hydrogens (tertiary/aromatic N) is 6. The number of ether oxygens (including phenoxy) is 2. The van der Waals surface area contributed by atoms with Gasteiger partial charge in [0, 0.05) is 26.2 Å². The van der Waals surface area contributed by atoms with E-state index in [1.807, 2.05) is 46.0 Å². The normalized spacial score (nSPS) is 13.9. The number of hydrogen-bond donors (Lipinski definition) is 0. The number of rotatable bonds is 5. The molecule has 0 saturated carbocycles. The molecule has 0 radical (unpaired) electrons. The molecule has 5 rings (SSSR count). The van der Waals surface area contributed by atoms with E-state index in [0.717, 1.165) is 22.5 Å². The predicted octanol–water partition coefficient (Wildman–Crippen LogP) is 2.80. The van der Waals surface area contributed by atoms with Crippen LogP contribution < -0.4 is 14.4 Å². The van der Waals surface area contributed by atoms with Crippen LogP contribution >= 0.6 is 0 Å². The van der Waals surface area contributed by atoms with Gasteiger partial charge in [-0.05, 0) is 24.3 Å². The van der Waals surface area contributed by atoms with Crippen molar-refractivity contribution < 1.29 is 14.3 Å². The van der Waals surface area contributed by atoms with Crippen LogP contribution in [0.1, 0.15) is 10.4 Å². The molecule has 1 fully saturated rings. The van der Waals surface area contributed by atoms with Gasteiger partial charge in [-0.3, -0.25) is 4.79 Å². The van der Waals surface area contributed by atoms with Crippen LogP contribution in [-0.2, 0) is 0 Å². The summed E-state index contributed by atoms with van der Waals surface area (Å²) in [5.41, 5.74) is 2.14. The topological polar surface area (TPSA) is 85.6 Å². The van der Waals surface area contributed by atoms with Gasteiger partial charge < -0.3 is 19.3 Å². The standard InChI is InChI=1S/C24H24N6O3/c1-32-19-9-6-10-20(33-2)21(19)24(31)29-13-11-28(12-14-29)22-18-15-27-30(23(18)26-16-25-22)17-7-4-3-5-8-17/h3-10,15-16H,11-14H2,1-2H3. The molecule has 1 amide bonds. The van der Waals surface area contributed by atoms with Crippen molar-refractivity contribution in [2.24, 2.45) is 0 Å². The summed E-state index contributed by atoms with van der Waals surface area (Å²) in [5, 5.41) is 5.42. The quantitative estimate of drug-likeness (QED) is 0.468. The minimum absolute atomic E-state index is 0.103. The van der Waals surface area contributed by atoms with E-state index in [1.54, 1.807) is 38.9 Å². The third kappa shape index (κ3) is 3.71. The second-order valence-corrected chi connectivity index (χ2v) is 7.64. The Morgan fingerprint density at radius 2 is 1.58 bits per heavy atom. The molecule has 0 bridgehead atoms. The van der Waals surface area contributed by atoms with Crippen molar-refractivity contribution in [3.8, 4) is 17.2 Å². The molecule has 0 atom stereocenters. The molecule has 4 aromatic rings. The van der Waals surface area contributed by atoms with E-state index in [2.05, 4.69) is 20.0 Å². The second kappa shape index (κ2) is 8.78. The highest BCUT2D eigenvalue weighted by atomic mass is 16.5. The molecule has 0 N–H and O–H groups in total. The number of anilines is 1. The van der Waals surface area contributed by atoms with Crippen molar-refractivity contribution in [2.75, 3.05) is 45.3 Å². The molecular formula is C24H24N6O3. The molecule has 0 unspecified atom stereocenters. The fourth-order valence-corrected chi connectivity index (χ4v) is 4.18. The van der Waals surface area contributed by atoms with Gasteiger partial charge in [-0.2, -0.15) is 5.10 Å². The Kier molecular flexibility index (Phi) is 5.52. The number of carbonyl (C=O) groups excluding carboxylic acids is 1. The van der Waals surface area contributed by atoms with Crippen molar-refractivity contribution in [1.82, 2.24) is 24.6 Å². The van der Waals surface area contributed by atoms with Gasteiger partial charge in [-0.15, -0.1) is 0 Å². The van der Waals surface area contributed by atoms with E-state index < -0.39 is 0 Å². The minimum Gasteiger partial charge on any atom is -0.496 e. The summed E-state index contributed by atoms with van der Waals surface area (Å²) in [6.07, 6.45) is 3.37. The summed E-state index contributed by atoms with van der Waals surface area (Å²) in [7, 11) is 3.11. The van der Waals surface area contributed by atoms with E-state index in [1.165, 1.54) is 0 Å². The van der Waals surface area contributed by atoms with E-state index >= 15 is 0 Å². The maximum Gasteiger partial charge on any atom is 0.261 e. The molecule has 3 heterocycles. The van der Waals surface area contributed by atoms with Gasteiger partial charge >= 0.3 is 0 Å². The van der Waals surface area contributed by atoms with Crippen LogP contribution in [0.3, 0.4) is 0 Å². The molecule has 33 heavy (non-hydrogen) atoms. The van der Waals surface area contributed by atoms with Gasteiger partial charge in [0.1, 0.15) is 29.2 Å². The average Bonchev–Trinajstić information content (AvgIpc) is 3.33. The van der Waals surface area contributed by atoms with Crippen molar-refractivity contribution in [3.05, 3.63) is 66.6 Å². The van der Waals surface area contributed by atoms with Gasteiger partial charge in [0.2, 0.25) is 0 Å². The van der Waals surface area contributed by atoms with E-state index in [0.29, 0.717) is 43.2 Å². The van der Waals surface area contributed by atoms with E-state index in [-0.39, 0.29) is 5.91 Å². The molecule has 9 nitrogen and oxygen atoms in total. The van der Waals surface area contributed by atoms with Crippen LogP contribution in [-0.4, -0.2) is 71.0 Å². The Bertz CT molecular complexity index is 1260. The Morgan fingerprint density at radius 3 is 2.24 bits per heavy atom. The highest BCUT2D eigenvalue weighted by Crippen LogP contribution is 2.31. The predicted molar refractivity (Wildman–Crippen MR) is 124 cm³/mol. The van der Waals surface area contributed by atoms with Gasteiger partial charge in [0.15, 0.2) is 5.65 Å². The first-order chi connectivity index (χ1) is 16.2. The Hall–Kier alpha value is -4.14. The summed E-state index contributed by atoms with van der Waals surface area (Å²) < 4.78 is 12.6. The van der Waals surface area contributed by atoms with Crippen LogP contribution in [0.2, 0.25) is 0 Å². The Labute approximate surface area is 191 Å². The van der Waals surface area contributed by atoms with Crippen molar-refractivity contribution in [3.63, 3.8) is 0 Å². The highest BCUT2D eigenvalue weighted by Gasteiger charge is 2.28. The molecule has 2 aromatic carbocycles. The Balaban J connectivity index is 1.37. The first kappa shape index (κ1) is 20.7. The molecule has 0 spiro atoms.